The van der Waals surface area contributed by atoms with Gasteiger partial charge in [-0.3, -0.25) is 9.59 Å². The van der Waals surface area contributed by atoms with Gasteiger partial charge in [-0.25, -0.2) is 13.6 Å². The fourth-order valence-electron chi connectivity index (χ4n) is 4.86. The van der Waals surface area contributed by atoms with Crippen LogP contribution in [-0.4, -0.2) is 60.4 Å². The van der Waals surface area contributed by atoms with Crippen LogP contribution in [0.3, 0.4) is 0 Å². The molecule has 220 valence electrons. The van der Waals surface area contributed by atoms with Gasteiger partial charge in [0.25, 0.3) is 5.91 Å². The molecule has 4 amide bonds. The summed E-state index contributed by atoms with van der Waals surface area (Å²) in [6, 6.07) is 27.7. The minimum atomic E-state index is -0.526. The first-order valence-electron chi connectivity index (χ1n) is 13.9. The third kappa shape index (κ3) is 7.73. The number of carbonyl (C=O) groups excluding carboxylic acids is 3. The molecule has 0 radical (unpaired) electrons. The zero-order chi connectivity index (χ0) is 30.2. The Kier molecular flexibility index (Phi) is 9.26. The number of hydrogen-bond donors (Lipinski definition) is 2. The summed E-state index contributed by atoms with van der Waals surface area (Å²) in [4.78, 5) is 43.9. The van der Waals surface area contributed by atoms with Crippen molar-refractivity contribution in [3.63, 3.8) is 0 Å². The number of nitrogens with zero attached hydrogens (tertiary/aromatic N) is 3. The van der Waals surface area contributed by atoms with Crippen LogP contribution >= 0.6 is 0 Å². The third-order valence-corrected chi connectivity index (χ3v) is 7.11. The van der Waals surface area contributed by atoms with Crippen molar-refractivity contribution in [3.05, 3.63) is 126 Å². The van der Waals surface area contributed by atoms with E-state index in [2.05, 4.69) is 15.5 Å². The first-order valence-corrected chi connectivity index (χ1v) is 13.9. The van der Waals surface area contributed by atoms with Gasteiger partial charge in [0.1, 0.15) is 18.2 Å². The van der Waals surface area contributed by atoms with Crippen LogP contribution in [0.2, 0.25) is 0 Å². The van der Waals surface area contributed by atoms with E-state index in [1.54, 1.807) is 29.2 Å². The van der Waals surface area contributed by atoms with Gasteiger partial charge >= 0.3 is 6.03 Å². The largest absolute Gasteiger partial charge is 0.368 e. The van der Waals surface area contributed by atoms with E-state index < -0.39 is 17.5 Å². The highest BCUT2D eigenvalue weighted by atomic mass is 19.1. The summed E-state index contributed by atoms with van der Waals surface area (Å²) < 4.78 is 27.7. The van der Waals surface area contributed by atoms with Crippen molar-refractivity contribution < 1.29 is 23.2 Å². The first kappa shape index (κ1) is 29.2. The topological polar surface area (TPSA) is 85.0 Å². The first-order chi connectivity index (χ1) is 20.9. The fraction of sp³-hybridized carbons (Fsp3) is 0.182. The summed E-state index contributed by atoms with van der Waals surface area (Å²) in [6.45, 7) is 2.08. The molecule has 1 aliphatic rings. The molecule has 0 saturated carbocycles. The van der Waals surface area contributed by atoms with Crippen LogP contribution in [0.25, 0.3) is 0 Å². The fourth-order valence-corrected chi connectivity index (χ4v) is 4.86. The number of anilines is 3. The van der Waals surface area contributed by atoms with E-state index in [4.69, 9.17) is 0 Å². The van der Waals surface area contributed by atoms with Crippen LogP contribution in [0.15, 0.2) is 103 Å². The predicted molar refractivity (Wildman–Crippen MR) is 162 cm³/mol. The van der Waals surface area contributed by atoms with Gasteiger partial charge in [-0.05, 0) is 60.2 Å². The van der Waals surface area contributed by atoms with Crippen molar-refractivity contribution in [1.29, 1.82) is 0 Å². The van der Waals surface area contributed by atoms with Crippen molar-refractivity contribution in [3.8, 4) is 0 Å². The number of halogens is 2. The van der Waals surface area contributed by atoms with Crippen LogP contribution < -0.4 is 15.5 Å². The van der Waals surface area contributed by atoms with E-state index in [-0.39, 0.29) is 36.3 Å². The number of carbonyl (C=O) groups is 3. The molecular formula is C33H31F2N5O3. The Morgan fingerprint density at radius 1 is 0.744 bits per heavy atom. The summed E-state index contributed by atoms with van der Waals surface area (Å²) in [5.41, 5.74) is 2.65. The number of piperazine rings is 1. The Bertz CT molecular complexity index is 1580. The molecule has 2 N–H and O–H groups in total. The lowest BCUT2D eigenvalue weighted by Crippen LogP contribution is -2.50. The maximum atomic E-state index is 13.9. The summed E-state index contributed by atoms with van der Waals surface area (Å²) in [5.74, 6) is -1.84. The smallest absolute Gasteiger partial charge is 0.322 e. The lowest BCUT2D eigenvalue weighted by Gasteiger charge is -2.36. The molecule has 1 aliphatic heterocycles. The molecule has 0 aliphatic carbocycles. The monoisotopic (exact) mass is 583 g/mol. The number of urea groups is 1. The molecule has 4 aromatic rings. The quantitative estimate of drug-likeness (QED) is 0.283. The summed E-state index contributed by atoms with van der Waals surface area (Å²) >= 11 is 0. The summed E-state index contributed by atoms with van der Waals surface area (Å²) in [7, 11) is 0. The van der Waals surface area contributed by atoms with Crippen molar-refractivity contribution in [2.45, 2.75) is 6.54 Å². The Balaban J connectivity index is 1.16. The molecule has 0 bridgehead atoms. The lowest BCUT2D eigenvalue weighted by atomic mass is 10.1. The second-order valence-electron chi connectivity index (χ2n) is 10.1. The Hall–Kier alpha value is -5.25. The molecule has 43 heavy (non-hydrogen) atoms. The van der Waals surface area contributed by atoms with E-state index >= 15 is 0 Å². The highest BCUT2D eigenvalue weighted by molar-refractivity contribution is 5.99. The number of amides is 4. The number of hydrogen-bond acceptors (Lipinski definition) is 4. The van der Waals surface area contributed by atoms with Crippen molar-refractivity contribution >= 4 is 34.9 Å². The van der Waals surface area contributed by atoms with Crippen LogP contribution in [-0.2, 0) is 11.3 Å². The number of nitrogens with one attached hydrogen (secondary N) is 2. The second kappa shape index (κ2) is 13.6. The molecule has 4 aromatic carbocycles. The molecule has 1 saturated heterocycles. The third-order valence-electron chi connectivity index (χ3n) is 7.11. The number of rotatable bonds is 8. The van der Waals surface area contributed by atoms with Crippen LogP contribution in [0, 0.1) is 11.6 Å². The van der Waals surface area contributed by atoms with E-state index in [9.17, 15) is 23.2 Å². The Morgan fingerprint density at radius 3 is 2.14 bits per heavy atom. The van der Waals surface area contributed by atoms with Gasteiger partial charge in [0, 0.05) is 49.7 Å². The molecule has 0 spiro atoms. The molecule has 1 fully saturated rings. The average molecular weight is 584 g/mol. The van der Waals surface area contributed by atoms with Crippen molar-refractivity contribution in [1.82, 2.24) is 9.80 Å². The van der Waals surface area contributed by atoms with Gasteiger partial charge in [0.2, 0.25) is 5.91 Å². The van der Waals surface area contributed by atoms with Crippen LogP contribution in [0.1, 0.15) is 15.9 Å². The molecule has 0 atom stereocenters. The molecule has 5 rings (SSSR count). The highest BCUT2D eigenvalue weighted by Gasteiger charge is 2.23. The minimum Gasteiger partial charge on any atom is -0.368 e. The van der Waals surface area contributed by atoms with E-state index in [1.165, 1.54) is 35.2 Å². The van der Waals surface area contributed by atoms with Crippen molar-refractivity contribution in [2.24, 2.45) is 0 Å². The standard InChI is InChI=1S/C33H31F2N5O3/c34-26-10-6-9-25(21-26)32(42)40(22-24-7-2-1-3-8-24)23-31(41)36-27-13-15-28(16-14-27)38-17-19-39(20-18-38)33(43)37-30-12-5-4-11-29(30)35/h1-16,21H,17-20,22-23H2,(H,36,41)(H,37,43). The normalized spacial score (nSPS) is 12.9. The van der Waals surface area contributed by atoms with Gasteiger partial charge < -0.3 is 25.3 Å². The number of benzene rings is 4. The van der Waals surface area contributed by atoms with Crippen LogP contribution in [0.5, 0.6) is 0 Å². The summed E-state index contributed by atoms with van der Waals surface area (Å²) in [6.07, 6.45) is 0. The van der Waals surface area contributed by atoms with Gasteiger partial charge in [-0.15, -0.1) is 0 Å². The molecule has 10 heteroatoms. The average Bonchev–Trinajstić information content (AvgIpc) is 3.02. The predicted octanol–water partition coefficient (Wildman–Crippen LogP) is 5.60. The Morgan fingerprint density at radius 2 is 1.44 bits per heavy atom. The lowest BCUT2D eigenvalue weighted by molar-refractivity contribution is -0.117. The van der Waals surface area contributed by atoms with Gasteiger partial charge in [-0.1, -0.05) is 48.5 Å². The summed E-state index contributed by atoms with van der Waals surface area (Å²) in [5, 5.41) is 5.46. The zero-order valence-corrected chi connectivity index (χ0v) is 23.4. The molecule has 0 unspecified atom stereocenters. The number of para-hydroxylation sites is 1. The van der Waals surface area contributed by atoms with E-state index in [0.29, 0.717) is 31.9 Å². The zero-order valence-electron chi connectivity index (χ0n) is 23.4. The molecule has 1 heterocycles. The Labute approximate surface area is 248 Å². The maximum absolute atomic E-state index is 13.9. The van der Waals surface area contributed by atoms with Gasteiger partial charge in [0.15, 0.2) is 0 Å². The molecule has 0 aromatic heterocycles. The van der Waals surface area contributed by atoms with Gasteiger partial charge in [0.05, 0.1) is 5.69 Å². The van der Waals surface area contributed by atoms with Gasteiger partial charge in [-0.2, -0.15) is 0 Å². The van der Waals surface area contributed by atoms with Crippen molar-refractivity contribution in [2.75, 3.05) is 48.3 Å². The second-order valence-corrected chi connectivity index (χ2v) is 10.1. The van der Waals surface area contributed by atoms with E-state index in [0.717, 1.165) is 17.3 Å². The SMILES string of the molecule is O=C(CN(Cc1ccccc1)C(=O)c1cccc(F)c1)Nc1ccc(N2CCN(C(=O)Nc3ccccc3F)CC2)cc1. The highest BCUT2D eigenvalue weighted by Crippen LogP contribution is 2.21. The minimum absolute atomic E-state index is 0.147. The maximum Gasteiger partial charge on any atom is 0.322 e. The van der Waals surface area contributed by atoms with E-state index in [1.807, 2.05) is 42.5 Å². The molecular weight excluding hydrogens is 552 g/mol. The van der Waals surface area contributed by atoms with Crippen LogP contribution in [0.4, 0.5) is 30.6 Å². The molecule has 8 nitrogen and oxygen atoms in total.